The quantitative estimate of drug-likeness (QED) is 0.834. The lowest BCUT2D eigenvalue weighted by atomic mass is 10.5. The zero-order valence-electron chi connectivity index (χ0n) is 9.08. The zero-order chi connectivity index (χ0) is 11.1. The first-order chi connectivity index (χ1) is 7.22. The molecule has 0 radical (unpaired) electrons. The lowest BCUT2D eigenvalue weighted by Crippen LogP contribution is -2.25. The van der Waals surface area contributed by atoms with Crippen LogP contribution in [0.5, 0.6) is 0 Å². The molecule has 3 nitrogen and oxygen atoms in total. The van der Waals surface area contributed by atoms with Crippen LogP contribution in [0.25, 0.3) is 0 Å². The summed E-state index contributed by atoms with van der Waals surface area (Å²) in [6.07, 6.45) is 0.988. The molecule has 0 saturated heterocycles. The van der Waals surface area contributed by atoms with Gasteiger partial charge in [-0.15, -0.1) is 23.1 Å². The highest BCUT2D eigenvalue weighted by Crippen LogP contribution is 2.14. The van der Waals surface area contributed by atoms with Crippen LogP contribution in [0.4, 0.5) is 0 Å². The van der Waals surface area contributed by atoms with Crippen LogP contribution in [-0.2, 0) is 10.5 Å². The first kappa shape index (κ1) is 12.5. The summed E-state index contributed by atoms with van der Waals surface area (Å²) < 4.78 is 0. The maximum absolute atomic E-state index is 11.2. The van der Waals surface area contributed by atoms with Gasteiger partial charge in [-0.2, -0.15) is 0 Å². The van der Waals surface area contributed by atoms with Crippen molar-refractivity contribution in [2.75, 3.05) is 12.3 Å². The Morgan fingerprint density at radius 3 is 3.07 bits per heavy atom. The van der Waals surface area contributed by atoms with Gasteiger partial charge in [0.1, 0.15) is 0 Å². The van der Waals surface area contributed by atoms with Crippen LogP contribution in [0.1, 0.15) is 24.0 Å². The predicted molar refractivity (Wildman–Crippen MR) is 66.3 cm³/mol. The lowest BCUT2D eigenvalue weighted by Gasteiger charge is -2.01. The Balaban J connectivity index is 2.13. The van der Waals surface area contributed by atoms with Gasteiger partial charge in [-0.05, 0) is 13.3 Å². The van der Waals surface area contributed by atoms with E-state index in [2.05, 4.69) is 10.3 Å². The molecule has 1 aromatic heterocycles. The Bertz CT molecular complexity index is 312. The summed E-state index contributed by atoms with van der Waals surface area (Å²) in [5, 5.41) is 5.98. The molecule has 15 heavy (non-hydrogen) atoms. The third-order valence-corrected chi connectivity index (χ3v) is 3.51. The highest BCUT2D eigenvalue weighted by molar-refractivity contribution is 7.99. The Labute approximate surface area is 98.7 Å². The van der Waals surface area contributed by atoms with Crippen molar-refractivity contribution in [3.63, 3.8) is 0 Å². The Morgan fingerprint density at radius 1 is 1.67 bits per heavy atom. The van der Waals surface area contributed by atoms with Crippen LogP contribution < -0.4 is 5.32 Å². The molecule has 0 aliphatic carbocycles. The Hall–Kier alpha value is -0.550. The molecular formula is C10H16N2OS2. The van der Waals surface area contributed by atoms with Gasteiger partial charge in [0.15, 0.2) is 0 Å². The molecule has 1 N–H and O–H groups in total. The van der Waals surface area contributed by atoms with Crippen molar-refractivity contribution in [2.45, 2.75) is 26.0 Å². The van der Waals surface area contributed by atoms with E-state index >= 15 is 0 Å². The molecule has 1 heterocycles. The van der Waals surface area contributed by atoms with Gasteiger partial charge in [0.2, 0.25) is 5.91 Å². The van der Waals surface area contributed by atoms with E-state index in [0.29, 0.717) is 5.75 Å². The van der Waals surface area contributed by atoms with E-state index in [4.69, 9.17) is 0 Å². The second-order valence-corrected chi connectivity index (χ2v) is 5.25. The summed E-state index contributed by atoms with van der Waals surface area (Å²) >= 11 is 3.26. The number of thioether (sulfide) groups is 1. The van der Waals surface area contributed by atoms with E-state index in [0.717, 1.165) is 29.4 Å². The smallest absolute Gasteiger partial charge is 0.230 e. The molecule has 0 saturated carbocycles. The van der Waals surface area contributed by atoms with Crippen molar-refractivity contribution in [3.8, 4) is 0 Å². The average Bonchev–Trinajstić information content (AvgIpc) is 2.61. The van der Waals surface area contributed by atoms with Crippen LogP contribution in [0, 0.1) is 6.92 Å². The molecule has 0 fully saturated rings. The molecule has 0 aliphatic rings. The number of nitrogens with one attached hydrogen (secondary N) is 1. The SMILES string of the molecule is CCCNC(=O)CSCc1csc(C)n1. The molecular weight excluding hydrogens is 228 g/mol. The van der Waals surface area contributed by atoms with Gasteiger partial charge in [-0.25, -0.2) is 4.98 Å². The number of aryl methyl sites for hydroxylation is 1. The minimum absolute atomic E-state index is 0.119. The fourth-order valence-corrected chi connectivity index (χ4v) is 2.50. The Kier molecular flexibility index (Phi) is 5.71. The zero-order valence-corrected chi connectivity index (χ0v) is 10.7. The van der Waals surface area contributed by atoms with Crippen LogP contribution in [0.2, 0.25) is 0 Å². The van der Waals surface area contributed by atoms with Crippen molar-refractivity contribution in [1.82, 2.24) is 10.3 Å². The number of rotatable bonds is 6. The number of carbonyl (C=O) groups excluding carboxylic acids is 1. The van der Waals surface area contributed by atoms with Gasteiger partial charge in [-0.3, -0.25) is 4.79 Å². The van der Waals surface area contributed by atoms with Crippen molar-refractivity contribution in [2.24, 2.45) is 0 Å². The molecule has 1 aromatic rings. The minimum Gasteiger partial charge on any atom is -0.355 e. The van der Waals surface area contributed by atoms with Gasteiger partial charge < -0.3 is 5.32 Å². The summed E-state index contributed by atoms with van der Waals surface area (Å²) in [6.45, 7) is 4.81. The van der Waals surface area contributed by atoms with E-state index in [1.165, 1.54) is 0 Å². The number of thiazole rings is 1. The fraction of sp³-hybridized carbons (Fsp3) is 0.600. The van der Waals surface area contributed by atoms with E-state index in [9.17, 15) is 4.79 Å². The monoisotopic (exact) mass is 244 g/mol. The van der Waals surface area contributed by atoms with E-state index in [-0.39, 0.29) is 5.91 Å². The summed E-state index contributed by atoms with van der Waals surface area (Å²) in [7, 11) is 0. The third kappa shape index (κ3) is 5.18. The van der Waals surface area contributed by atoms with Crippen molar-refractivity contribution in [1.29, 1.82) is 0 Å². The predicted octanol–water partition coefficient (Wildman–Crippen LogP) is 2.21. The van der Waals surface area contributed by atoms with Gasteiger partial charge in [0, 0.05) is 17.7 Å². The number of carbonyl (C=O) groups is 1. The van der Waals surface area contributed by atoms with E-state index in [1.807, 2.05) is 19.2 Å². The van der Waals surface area contributed by atoms with Crippen molar-refractivity contribution >= 4 is 29.0 Å². The molecule has 1 rings (SSSR count). The fourth-order valence-electron chi connectivity index (χ4n) is 1.04. The Morgan fingerprint density at radius 2 is 2.47 bits per heavy atom. The highest BCUT2D eigenvalue weighted by Gasteiger charge is 2.02. The van der Waals surface area contributed by atoms with Crippen LogP contribution in [-0.4, -0.2) is 23.2 Å². The number of amides is 1. The molecule has 0 aliphatic heterocycles. The summed E-state index contributed by atoms with van der Waals surface area (Å²) in [6, 6.07) is 0. The molecule has 0 unspecified atom stereocenters. The van der Waals surface area contributed by atoms with E-state index in [1.54, 1.807) is 23.1 Å². The maximum Gasteiger partial charge on any atom is 0.230 e. The normalized spacial score (nSPS) is 10.3. The summed E-state index contributed by atoms with van der Waals surface area (Å²) in [5.41, 5.74) is 1.07. The van der Waals surface area contributed by atoms with Crippen molar-refractivity contribution < 1.29 is 4.79 Å². The largest absolute Gasteiger partial charge is 0.355 e. The third-order valence-electron chi connectivity index (χ3n) is 1.72. The number of nitrogens with zero attached hydrogens (tertiary/aromatic N) is 1. The highest BCUT2D eigenvalue weighted by atomic mass is 32.2. The first-order valence-electron chi connectivity index (χ1n) is 4.97. The summed E-state index contributed by atoms with van der Waals surface area (Å²) in [5.74, 6) is 1.47. The molecule has 5 heteroatoms. The first-order valence-corrected chi connectivity index (χ1v) is 7.01. The molecule has 0 atom stereocenters. The van der Waals surface area contributed by atoms with E-state index < -0.39 is 0 Å². The molecule has 0 spiro atoms. The molecule has 0 bridgehead atoms. The maximum atomic E-state index is 11.2. The van der Waals surface area contributed by atoms with Gasteiger partial charge in [0.05, 0.1) is 16.5 Å². The molecule has 1 amide bonds. The van der Waals surface area contributed by atoms with Crippen LogP contribution in [0.3, 0.4) is 0 Å². The molecule has 84 valence electrons. The summed E-state index contributed by atoms with van der Waals surface area (Å²) in [4.78, 5) is 15.6. The minimum atomic E-state index is 0.119. The number of hydrogen-bond acceptors (Lipinski definition) is 4. The van der Waals surface area contributed by atoms with Gasteiger partial charge >= 0.3 is 0 Å². The van der Waals surface area contributed by atoms with Crippen LogP contribution in [0.15, 0.2) is 5.38 Å². The van der Waals surface area contributed by atoms with Gasteiger partial charge in [-0.1, -0.05) is 6.92 Å². The molecule has 0 aromatic carbocycles. The second-order valence-electron chi connectivity index (χ2n) is 3.20. The second kappa shape index (κ2) is 6.85. The lowest BCUT2D eigenvalue weighted by molar-refractivity contribution is -0.118. The average molecular weight is 244 g/mol. The van der Waals surface area contributed by atoms with Crippen LogP contribution >= 0.6 is 23.1 Å². The van der Waals surface area contributed by atoms with Gasteiger partial charge in [0.25, 0.3) is 0 Å². The topological polar surface area (TPSA) is 42.0 Å². The van der Waals surface area contributed by atoms with Crippen molar-refractivity contribution in [3.05, 3.63) is 16.1 Å². The number of aromatic nitrogens is 1. The number of hydrogen-bond donors (Lipinski definition) is 1. The standard InChI is InChI=1S/C10H16N2OS2/c1-3-4-11-10(13)7-14-5-9-6-15-8(2)12-9/h6H,3-5,7H2,1-2H3,(H,11,13).